The molecule has 0 aromatic heterocycles. The third-order valence-corrected chi connectivity index (χ3v) is 6.24. The van der Waals surface area contributed by atoms with Gasteiger partial charge in [-0.3, -0.25) is 4.79 Å². The number of aliphatic carboxylic acids is 1. The van der Waals surface area contributed by atoms with Crippen molar-refractivity contribution < 1.29 is 23.1 Å². The monoisotopic (exact) mass is 417 g/mol. The molecule has 0 aliphatic rings. The Morgan fingerprint density at radius 2 is 1.73 bits per heavy atom. The number of nitrogens with zero attached hydrogens (tertiary/aromatic N) is 1. The lowest BCUT2D eigenvalue weighted by molar-refractivity contribution is -0.141. The van der Waals surface area contributed by atoms with Crippen LogP contribution >= 0.6 is 23.2 Å². The summed E-state index contributed by atoms with van der Waals surface area (Å²) in [5.74, 6) is -0.856. The summed E-state index contributed by atoms with van der Waals surface area (Å²) >= 11 is 11.8. The van der Waals surface area contributed by atoms with Gasteiger partial charge in [0.25, 0.3) is 0 Å². The first-order valence-electron chi connectivity index (χ1n) is 7.45. The van der Waals surface area contributed by atoms with Gasteiger partial charge in [0.15, 0.2) is 0 Å². The molecule has 0 bridgehead atoms. The van der Waals surface area contributed by atoms with Gasteiger partial charge in [0.1, 0.15) is 11.8 Å². The van der Waals surface area contributed by atoms with Crippen LogP contribution in [0.2, 0.25) is 10.0 Å². The third-order valence-electron chi connectivity index (χ3n) is 3.87. The average Bonchev–Trinajstić information content (AvgIpc) is 2.59. The lowest BCUT2D eigenvalue weighted by atomic mass is 10.1. The lowest BCUT2D eigenvalue weighted by Gasteiger charge is -2.25. The van der Waals surface area contributed by atoms with E-state index < -0.39 is 22.0 Å². The molecule has 0 heterocycles. The molecule has 140 valence electrons. The number of likely N-dealkylation sites (N-methyl/N-ethyl adjacent to an activating group) is 1. The number of hydrogen-bond acceptors (Lipinski definition) is 4. The van der Waals surface area contributed by atoms with Crippen molar-refractivity contribution in [2.24, 2.45) is 0 Å². The minimum Gasteiger partial charge on any atom is -0.496 e. The number of carboxylic acids is 1. The highest BCUT2D eigenvalue weighted by Crippen LogP contribution is 2.27. The molecule has 0 saturated heterocycles. The Labute approximate surface area is 162 Å². The summed E-state index contributed by atoms with van der Waals surface area (Å²) in [6.45, 7) is 0. The highest BCUT2D eigenvalue weighted by atomic mass is 35.5. The number of halogens is 2. The molecule has 0 aliphatic heterocycles. The zero-order chi connectivity index (χ0) is 19.5. The summed E-state index contributed by atoms with van der Waals surface area (Å²) in [5.41, 5.74) is 0.491. The van der Waals surface area contributed by atoms with Crippen LogP contribution < -0.4 is 4.74 Å². The van der Waals surface area contributed by atoms with Crippen LogP contribution in [0.25, 0.3) is 0 Å². The summed E-state index contributed by atoms with van der Waals surface area (Å²) in [4.78, 5) is 11.7. The fourth-order valence-electron chi connectivity index (χ4n) is 2.43. The maximum Gasteiger partial charge on any atom is 0.322 e. The number of ether oxygens (including phenoxy) is 1. The van der Waals surface area contributed by atoms with Crippen molar-refractivity contribution in [1.29, 1.82) is 0 Å². The maximum absolute atomic E-state index is 12.8. The van der Waals surface area contributed by atoms with E-state index in [-0.39, 0.29) is 11.3 Å². The second-order valence-corrected chi connectivity index (χ2v) is 8.36. The minimum atomic E-state index is -4.03. The number of hydrogen-bond donors (Lipinski definition) is 1. The smallest absolute Gasteiger partial charge is 0.322 e. The predicted molar refractivity (Wildman–Crippen MR) is 99.5 cm³/mol. The Balaban J connectivity index is 2.39. The van der Waals surface area contributed by atoms with Crippen LogP contribution in [-0.2, 0) is 21.2 Å². The van der Waals surface area contributed by atoms with E-state index in [0.29, 0.717) is 21.4 Å². The summed E-state index contributed by atoms with van der Waals surface area (Å²) in [7, 11) is -1.37. The second kappa shape index (κ2) is 8.26. The highest BCUT2D eigenvalue weighted by Gasteiger charge is 2.33. The van der Waals surface area contributed by atoms with Gasteiger partial charge in [-0.15, -0.1) is 0 Å². The molecule has 0 aliphatic carbocycles. The number of benzene rings is 2. The molecule has 0 spiro atoms. The normalized spacial score (nSPS) is 12.8. The molecule has 0 amide bonds. The van der Waals surface area contributed by atoms with Gasteiger partial charge >= 0.3 is 5.97 Å². The topological polar surface area (TPSA) is 83.9 Å². The first-order valence-corrected chi connectivity index (χ1v) is 9.65. The quantitative estimate of drug-likeness (QED) is 0.746. The molecule has 9 heteroatoms. The van der Waals surface area contributed by atoms with Gasteiger partial charge in [0, 0.05) is 23.5 Å². The number of carbonyl (C=O) groups is 1. The zero-order valence-electron chi connectivity index (χ0n) is 14.0. The lowest BCUT2D eigenvalue weighted by Crippen LogP contribution is -2.43. The third kappa shape index (κ3) is 4.48. The largest absolute Gasteiger partial charge is 0.496 e. The number of rotatable bonds is 7. The molecule has 0 saturated carbocycles. The van der Waals surface area contributed by atoms with Gasteiger partial charge in [-0.05, 0) is 48.0 Å². The van der Waals surface area contributed by atoms with Gasteiger partial charge in [-0.1, -0.05) is 23.2 Å². The Kier molecular flexibility index (Phi) is 6.52. The molecule has 0 fully saturated rings. The van der Waals surface area contributed by atoms with Crippen molar-refractivity contribution >= 4 is 39.2 Å². The Hall–Kier alpha value is -1.80. The van der Waals surface area contributed by atoms with E-state index in [0.717, 1.165) is 4.31 Å². The molecule has 2 aromatic carbocycles. The molecule has 2 rings (SSSR count). The van der Waals surface area contributed by atoms with E-state index in [4.69, 9.17) is 27.9 Å². The maximum atomic E-state index is 12.8. The van der Waals surface area contributed by atoms with Crippen molar-refractivity contribution in [3.8, 4) is 5.75 Å². The van der Waals surface area contributed by atoms with Gasteiger partial charge in [-0.25, -0.2) is 8.42 Å². The average molecular weight is 418 g/mol. The van der Waals surface area contributed by atoms with Gasteiger partial charge < -0.3 is 9.84 Å². The molecule has 2 aromatic rings. The fraction of sp³-hybridized carbons (Fsp3) is 0.235. The van der Waals surface area contributed by atoms with Gasteiger partial charge in [-0.2, -0.15) is 4.31 Å². The standard InChI is InChI=1S/C17H17Cl2NO5S/c1-20(26(23,24)14-6-3-12(18)4-7-14)15(17(21)22)10-11-9-13(19)5-8-16(11)25-2/h3-9,15H,10H2,1-2H3,(H,21,22). The highest BCUT2D eigenvalue weighted by molar-refractivity contribution is 7.89. The van der Waals surface area contributed by atoms with Gasteiger partial charge in [0.05, 0.1) is 12.0 Å². The summed E-state index contributed by atoms with van der Waals surface area (Å²) < 4.78 is 31.6. The molecule has 1 unspecified atom stereocenters. The van der Waals surface area contributed by atoms with Crippen LogP contribution in [0.15, 0.2) is 47.4 Å². The van der Waals surface area contributed by atoms with Crippen molar-refractivity contribution in [2.45, 2.75) is 17.4 Å². The van der Waals surface area contributed by atoms with E-state index in [2.05, 4.69) is 0 Å². The van der Waals surface area contributed by atoms with Crippen LogP contribution in [0.3, 0.4) is 0 Å². The first-order chi connectivity index (χ1) is 12.2. The molecule has 26 heavy (non-hydrogen) atoms. The molecular formula is C17H17Cl2NO5S. The summed E-state index contributed by atoms with van der Waals surface area (Å²) in [5, 5.41) is 10.4. The van der Waals surface area contributed by atoms with E-state index in [1.807, 2.05) is 0 Å². The van der Waals surface area contributed by atoms with Gasteiger partial charge in [0.2, 0.25) is 10.0 Å². The number of sulfonamides is 1. The molecule has 6 nitrogen and oxygen atoms in total. The zero-order valence-corrected chi connectivity index (χ0v) is 16.3. The Bertz CT molecular complexity index is 900. The van der Waals surface area contributed by atoms with Crippen LogP contribution in [0.1, 0.15) is 5.56 Å². The van der Waals surface area contributed by atoms with E-state index in [1.54, 1.807) is 18.2 Å². The molecule has 1 atom stereocenters. The summed E-state index contributed by atoms with van der Waals surface area (Å²) in [6, 6.07) is 8.93. The minimum absolute atomic E-state index is 0.0475. The number of methoxy groups -OCH3 is 1. The molecular weight excluding hydrogens is 401 g/mol. The Morgan fingerprint density at radius 1 is 1.15 bits per heavy atom. The van der Waals surface area contributed by atoms with E-state index >= 15 is 0 Å². The van der Waals surface area contributed by atoms with Crippen molar-refractivity contribution in [1.82, 2.24) is 4.31 Å². The first kappa shape index (κ1) is 20.5. The summed E-state index contributed by atoms with van der Waals surface area (Å²) in [6.07, 6.45) is -0.109. The van der Waals surface area contributed by atoms with Crippen LogP contribution in [0, 0.1) is 0 Å². The molecule has 1 N–H and O–H groups in total. The second-order valence-electron chi connectivity index (χ2n) is 5.49. The van der Waals surface area contributed by atoms with Crippen LogP contribution in [-0.4, -0.2) is 44.0 Å². The van der Waals surface area contributed by atoms with Crippen molar-refractivity contribution in [2.75, 3.05) is 14.2 Å². The predicted octanol–water partition coefficient (Wildman–Crippen LogP) is 3.32. The van der Waals surface area contributed by atoms with Crippen molar-refractivity contribution in [3.05, 3.63) is 58.1 Å². The van der Waals surface area contributed by atoms with Crippen molar-refractivity contribution in [3.63, 3.8) is 0 Å². The van der Waals surface area contributed by atoms with Crippen LogP contribution in [0.5, 0.6) is 5.75 Å². The fourth-order valence-corrected chi connectivity index (χ4v) is 4.06. The van der Waals surface area contributed by atoms with E-state index in [9.17, 15) is 18.3 Å². The van der Waals surface area contributed by atoms with Crippen LogP contribution in [0.4, 0.5) is 0 Å². The van der Waals surface area contributed by atoms with E-state index in [1.165, 1.54) is 38.4 Å². The Morgan fingerprint density at radius 3 is 2.27 bits per heavy atom. The SMILES string of the molecule is COc1ccc(Cl)cc1CC(C(=O)O)N(C)S(=O)(=O)c1ccc(Cl)cc1. The number of carboxylic acid groups (broad SMARTS) is 1. The molecule has 0 radical (unpaired) electrons.